The summed E-state index contributed by atoms with van der Waals surface area (Å²) in [7, 11) is 3.38. The number of methoxy groups -OCH3 is 2. The van der Waals surface area contributed by atoms with Crippen molar-refractivity contribution in [1.82, 2.24) is 5.32 Å². The molecule has 0 aromatic heterocycles. The number of hydrogen-bond donors (Lipinski definition) is 4. The van der Waals surface area contributed by atoms with E-state index in [2.05, 4.69) is 5.32 Å². The first-order valence-electron chi connectivity index (χ1n) is 5.27. The van der Waals surface area contributed by atoms with Crippen LogP contribution in [0.25, 0.3) is 0 Å². The maximum Gasteiger partial charge on any atom is 0.333 e. The van der Waals surface area contributed by atoms with E-state index in [0.29, 0.717) is 0 Å². The van der Waals surface area contributed by atoms with Gasteiger partial charge in [-0.15, -0.1) is 0 Å². The van der Waals surface area contributed by atoms with Crippen molar-refractivity contribution in [2.75, 3.05) is 40.5 Å². The van der Waals surface area contributed by atoms with Crippen LogP contribution in [-0.2, 0) is 19.1 Å². The summed E-state index contributed by atoms with van der Waals surface area (Å²) in [4.78, 5) is 19.4. The summed E-state index contributed by atoms with van der Waals surface area (Å²) >= 11 is 0. The lowest BCUT2D eigenvalue weighted by Gasteiger charge is -2.01. The van der Waals surface area contributed by atoms with E-state index in [1.165, 1.54) is 0 Å². The van der Waals surface area contributed by atoms with Gasteiger partial charge in [0, 0.05) is 27.3 Å². The van der Waals surface area contributed by atoms with Crippen molar-refractivity contribution in [2.45, 2.75) is 12.5 Å². The zero-order valence-electron chi connectivity index (χ0n) is 10.6. The number of carboxylic acids is 2. The van der Waals surface area contributed by atoms with Crippen molar-refractivity contribution in [2.24, 2.45) is 0 Å². The van der Waals surface area contributed by atoms with Crippen LogP contribution in [0.15, 0.2) is 0 Å². The summed E-state index contributed by atoms with van der Waals surface area (Å²) < 4.78 is 9.64. The average molecular weight is 267 g/mol. The minimum atomic E-state index is -1.79. The highest BCUT2D eigenvalue weighted by Gasteiger charge is 2.16. The Hall–Kier alpha value is -1.22. The molecule has 18 heavy (non-hydrogen) atoms. The van der Waals surface area contributed by atoms with Crippen molar-refractivity contribution in [3.8, 4) is 0 Å². The Bertz CT molecular complexity index is 216. The average Bonchev–Trinajstić information content (AvgIpc) is 2.29. The lowest BCUT2D eigenvalue weighted by Crippen LogP contribution is -2.23. The van der Waals surface area contributed by atoms with Gasteiger partial charge < -0.3 is 30.1 Å². The van der Waals surface area contributed by atoms with Crippen molar-refractivity contribution in [3.05, 3.63) is 0 Å². The maximum absolute atomic E-state index is 9.72. The van der Waals surface area contributed by atoms with Crippen molar-refractivity contribution in [3.63, 3.8) is 0 Å². The number of aliphatic hydroxyl groups excluding tert-OH is 1. The van der Waals surface area contributed by atoms with Gasteiger partial charge in [0.15, 0.2) is 6.10 Å². The second-order valence-corrected chi connectivity index (χ2v) is 3.19. The van der Waals surface area contributed by atoms with Crippen LogP contribution in [0.4, 0.5) is 0 Å². The predicted molar refractivity (Wildman–Crippen MR) is 62.5 cm³/mol. The number of nitrogens with one attached hydrogen (secondary N) is 1. The van der Waals surface area contributed by atoms with Crippen LogP contribution in [0, 0.1) is 0 Å². The van der Waals surface area contributed by atoms with Gasteiger partial charge in [0.2, 0.25) is 0 Å². The maximum atomic E-state index is 9.72. The molecule has 4 N–H and O–H groups in total. The van der Waals surface area contributed by atoms with E-state index < -0.39 is 24.5 Å². The van der Waals surface area contributed by atoms with Crippen molar-refractivity contribution in [1.29, 1.82) is 0 Å². The predicted octanol–water partition coefficient (Wildman–Crippen LogP) is -1.22. The van der Waals surface area contributed by atoms with Gasteiger partial charge in [-0.05, 0) is 0 Å². The normalized spacial score (nSPS) is 11.3. The number of carbonyl (C=O) groups is 2. The summed E-state index contributed by atoms with van der Waals surface area (Å²) in [6.45, 7) is 3.34. The Morgan fingerprint density at radius 1 is 1.11 bits per heavy atom. The second kappa shape index (κ2) is 13.8. The molecule has 1 unspecified atom stereocenters. The van der Waals surface area contributed by atoms with E-state index in [0.717, 1.165) is 26.3 Å². The first-order chi connectivity index (χ1) is 8.45. The quantitative estimate of drug-likeness (QED) is 0.383. The van der Waals surface area contributed by atoms with Crippen molar-refractivity contribution >= 4 is 11.9 Å². The molecule has 8 nitrogen and oxygen atoms in total. The zero-order valence-corrected chi connectivity index (χ0v) is 10.6. The van der Waals surface area contributed by atoms with E-state index in [4.69, 9.17) is 24.8 Å². The molecule has 0 bridgehead atoms. The monoisotopic (exact) mass is 267 g/mol. The lowest BCUT2D eigenvalue weighted by atomic mass is 10.3. The zero-order chi connectivity index (χ0) is 14.4. The standard InChI is InChI=1S/C6H15NO2.C4H6O5/c1-8-5-3-7-4-6-9-2;5-2(4(8)9)1-3(6)7/h7H,3-6H2,1-2H3;2,5H,1H2,(H,6,7)(H,8,9). The molecule has 1 atom stereocenters. The molecule has 0 amide bonds. The fraction of sp³-hybridized carbons (Fsp3) is 0.800. The number of hydrogen-bond acceptors (Lipinski definition) is 6. The van der Waals surface area contributed by atoms with Gasteiger partial charge in [-0.25, -0.2) is 4.79 Å². The highest BCUT2D eigenvalue weighted by molar-refractivity contribution is 5.79. The Morgan fingerprint density at radius 3 is 1.78 bits per heavy atom. The van der Waals surface area contributed by atoms with Gasteiger partial charge in [0.25, 0.3) is 0 Å². The molecule has 0 rings (SSSR count). The summed E-state index contributed by atoms with van der Waals surface area (Å²) in [5.74, 6) is -2.85. The molecule has 0 heterocycles. The summed E-state index contributed by atoms with van der Waals surface area (Å²) in [5, 5.41) is 27.3. The van der Waals surface area contributed by atoms with E-state index in [9.17, 15) is 9.59 Å². The molecule has 0 saturated carbocycles. The van der Waals surface area contributed by atoms with E-state index in [1.54, 1.807) is 14.2 Å². The Balaban J connectivity index is 0. The van der Waals surface area contributed by atoms with Gasteiger partial charge in [-0.2, -0.15) is 0 Å². The molecule has 0 aliphatic rings. The SMILES string of the molecule is COCCNCCOC.O=C(O)CC(O)C(=O)O. The molecule has 108 valence electrons. The largest absolute Gasteiger partial charge is 0.481 e. The van der Waals surface area contributed by atoms with Crippen molar-refractivity contribution < 1.29 is 34.4 Å². The van der Waals surface area contributed by atoms with Gasteiger partial charge in [0.1, 0.15) is 0 Å². The first kappa shape index (κ1) is 19.1. The van der Waals surface area contributed by atoms with Crippen LogP contribution in [-0.4, -0.2) is 73.9 Å². The third kappa shape index (κ3) is 17.2. The number of aliphatic carboxylic acids is 2. The van der Waals surface area contributed by atoms with Crippen LogP contribution in [0.2, 0.25) is 0 Å². The van der Waals surface area contributed by atoms with Crippen LogP contribution in [0.3, 0.4) is 0 Å². The fourth-order valence-corrected chi connectivity index (χ4v) is 0.726. The minimum absolute atomic E-state index is 0.755. The molecular formula is C10H21NO7. The minimum Gasteiger partial charge on any atom is -0.481 e. The van der Waals surface area contributed by atoms with Gasteiger partial charge in [-0.1, -0.05) is 0 Å². The number of aliphatic hydroxyl groups is 1. The molecule has 0 aromatic carbocycles. The van der Waals surface area contributed by atoms with E-state index >= 15 is 0 Å². The highest BCUT2D eigenvalue weighted by Crippen LogP contribution is 1.89. The van der Waals surface area contributed by atoms with Gasteiger partial charge in [-0.3, -0.25) is 4.79 Å². The number of ether oxygens (including phenoxy) is 2. The molecule has 0 fully saturated rings. The second-order valence-electron chi connectivity index (χ2n) is 3.19. The Morgan fingerprint density at radius 2 is 1.56 bits per heavy atom. The van der Waals surface area contributed by atoms with Crippen LogP contribution < -0.4 is 5.32 Å². The summed E-state index contributed by atoms with van der Waals surface area (Å²) in [5.41, 5.74) is 0. The Kier molecular flexibility index (Phi) is 14.7. The smallest absolute Gasteiger partial charge is 0.333 e. The molecule has 0 aliphatic carbocycles. The molecule has 8 heteroatoms. The van der Waals surface area contributed by atoms with Gasteiger partial charge in [0.05, 0.1) is 19.6 Å². The van der Waals surface area contributed by atoms with Crippen LogP contribution in [0.5, 0.6) is 0 Å². The molecule has 0 radical (unpaired) electrons. The third-order valence-corrected chi connectivity index (χ3v) is 1.62. The molecule has 0 aromatic rings. The summed E-state index contributed by atoms with van der Waals surface area (Å²) in [6.07, 6.45) is -2.54. The van der Waals surface area contributed by atoms with E-state index in [1.807, 2.05) is 0 Å². The number of carboxylic acid groups (broad SMARTS) is 2. The van der Waals surface area contributed by atoms with E-state index in [-0.39, 0.29) is 0 Å². The molecule has 0 spiro atoms. The van der Waals surface area contributed by atoms with Crippen LogP contribution >= 0.6 is 0 Å². The van der Waals surface area contributed by atoms with Gasteiger partial charge >= 0.3 is 11.9 Å². The molecular weight excluding hydrogens is 246 g/mol. The lowest BCUT2D eigenvalue weighted by molar-refractivity contribution is -0.152. The summed E-state index contributed by atoms with van der Waals surface area (Å²) in [6, 6.07) is 0. The highest BCUT2D eigenvalue weighted by atomic mass is 16.5. The number of rotatable bonds is 9. The third-order valence-electron chi connectivity index (χ3n) is 1.62. The molecule has 0 saturated heterocycles. The first-order valence-corrected chi connectivity index (χ1v) is 5.27. The topological polar surface area (TPSA) is 125 Å². The Labute approximate surface area is 106 Å². The van der Waals surface area contributed by atoms with Crippen LogP contribution in [0.1, 0.15) is 6.42 Å². The fourth-order valence-electron chi connectivity index (χ4n) is 0.726. The molecule has 0 aliphatic heterocycles.